The number of pyridine rings is 2. The van der Waals surface area contributed by atoms with Crippen LogP contribution in [0, 0.1) is 13.8 Å². The van der Waals surface area contributed by atoms with E-state index in [2.05, 4.69) is 30.4 Å². The first-order valence-electron chi connectivity index (χ1n) is 12.1. The van der Waals surface area contributed by atoms with Gasteiger partial charge in [-0.05, 0) is 76.9 Å². The molecule has 4 rings (SSSR count). The van der Waals surface area contributed by atoms with E-state index >= 15 is 0 Å². The number of likely N-dealkylation sites (tertiary alicyclic amines) is 2. The number of aryl methyl sites for hydroxylation is 2. The van der Waals surface area contributed by atoms with Crippen molar-refractivity contribution in [3.8, 4) is 0 Å². The summed E-state index contributed by atoms with van der Waals surface area (Å²) in [5.74, 6) is 1.88. The van der Waals surface area contributed by atoms with Gasteiger partial charge in [0.2, 0.25) is 0 Å². The van der Waals surface area contributed by atoms with Crippen LogP contribution in [0.5, 0.6) is 0 Å². The Labute approximate surface area is 192 Å². The predicted octanol–water partition coefficient (Wildman–Crippen LogP) is 2.91. The fourth-order valence-corrected chi connectivity index (χ4v) is 5.06. The summed E-state index contributed by atoms with van der Waals surface area (Å²) >= 11 is 0. The van der Waals surface area contributed by atoms with Gasteiger partial charge < -0.3 is 15.7 Å². The molecule has 32 heavy (non-hydrogen) atoms. The van der Waals surface area contributed by atoms with Crippen LogP contribution in [0.4, 0.5) is 11.6 Å². The summed E-state index contributed by atoms with van der Waals surface area (Å²) in [5.41, 5.74) is 2.06. The predicted molar refractivity (Wildman–Crippen MR) is 130 cm³/mol. The molecule has 0 aliphatic carbocycles. The van der Waals surface area contributed by atoms with Crippen molar-refractivity contribution in [2.24, 2.45) is 0 Å². The number of nitrogens with one attached hydrogen (secondary N) is 2. The zero-order valence-corrected chi connectivity index (χ0v) is 19.5. The van der Waals surface area contributed by atoms with Crippen LogP contribution in [0.25, 0.3) is 0 Å². The summed E-state index contributed by atoms with van der Waals surface area (Å²) in [6.07, 6.45) is 4.40. The third kappa shape index (κ3) is 6.40. The van der Waals surface area contributed by atoms with Crippen molar-refractivity contribution in [3.63, 3.8) is 0 Å². The Morgan fingerprint density at radius 2 is 1.31 bits per heavy atom. The number of rotatable bonds is 10. The van der Waals surface area contributed by atoms with Gasteiger partial charge >= 0.3 is 0 Å². The number of aliphatic hydroxyl groups is 1. The van der Waals surface area contributed by atoms with E-state index in [4.69, 9.17) is 0 Å². The molecular formula is C25H38N6O. The molecule has 7 heteroatoms. The van der Waals surface area contributed by atoms with Gasteiger partial charge in [-0.3, -0.25) is 9.80 Å². The molecule has 2 unspecified atom stereocenters. The molecule has 0 radical (unpaired) electrons. The molecule has 0 amide bonds. The maximum absolute atomic E-state index is 10.9. The molecule has 2 aromatic rings. The highest BCUT2D eigenvalue weighted by Crippen LogP contribution is 2.21. The lowest BCUT2D eigenvalue weighted by molar-refractivity contribution is 0.0682. The van der Waals surface area contributed by atoms with E-state index in [1.807, 2.05) is 50.2 Å². The molecule has 174 valence electrons. The second-order valence-electron chi connectivity index (χ2n) is 9.33. The number of aliphatic hydroxyl groups excluding tert-OH is 1. The third-order valence-corrected chi connectivity index (χ3v) is 6.70. The minimum Gasteiger partial charge on any atom is -0.390 e. The van der Waals surface area contributed by atoms with Crippen LogP contribution in [0.1, 0.15) is 37.1 Å². The molecule has 0 aromatic carbocycles. The molecule has 0 spiro atoms. The van der Waals surface area contributed by atoms with Crippen molar-refractivity contribution >= 4 is 11.6 Å². The quantitative estimate of drug-likeness (QED) is 0.527. The smallest absolute Gasteiger partial charge is 0.126 e. The first-order valence-corrected chi connectivity index (χ1v) is 12.1. The van der Waals surface area contributed by atoms with E-state index in [9.17, 15) is 5.11 Å². The summed E-state index contributed by atoms with van der Waals surface area (Å²) in [6, 6.07) is 13.1. The number of anilines is 2. The van der Waals surface area contributed by atoms with Crippen LogP contribution in [0.3, 0.4) is 0 Å². The van der Waals surface area contributed by atoms with Crippen LogP contribution >= 0.6 is 0 Å². The average Bonchev–Trinajstić information content (AvgIpc) is 3.40. The van der Waals surface area contributed by atoms with Crippen LogP contribution in [0.15, 0.2) is 36.4 Å². The number of hydrogen-bond donors (Lipinski definition) is 3. The Balaban J connectivity index is 1.23. The zero-order valence-electron chi connectivity index (χ0n) is 19.5. The maximum Gasteiger partial charge on any atom is 0.126 e. The average molecular weight is 439 g/mol. The number of hydrogen-bond acceptors (Lipinski definition) is 7. The van der Waals surface area contributed by atoms with Crippen molar-refractivity contribution in [1.29, 1.82) is 0 Å². The lowest BCUT2D eigenvalue weighted by atomic mass is 10.2. The van der Waals surface area contributed by atoms with Gasteiger partial charge in [0.25, 0.3) is 0 Å². The summed E-state index contributed by atoms with van der Waals surface area (Å²) < 4.78 is 0. The van der Waals surface area contributed by atoms with Crippen LogP contribution < -0.4 is 10.6 Å². The normalized spacial score (nSPS) is 22.8. The Kier molecular flexibility index (Phi) is 7.95. The third-order valence-electron chi connectivity index (χ3n) is 6.70. The second kappa shape index (κ2) is 11.1. The summed E-state index contributed by atoms with van der Waals surface area (Å²) in [5, 5.41) is 17.9. The largest absolute Gasteiger partial charge is 0.390 e. The maximum atomic E-state index is 10.9. The van der Waals surface area contributed by atoms with Gasteiger partial charge in [-0.2, -0.15) is 0 Å². The van der Waals surface area contributed by atoms with Crippen molar-refractivity contribution in [1.82, 2.24) is 19.8 Å². The Morgan fingerprint density at radius 3 is 1.75 bits per heavy atom. The molecule has 0 saturated carbocycles. The molecule has 2 aliphatic rings. The first kappa shape index (κ1) is 23.0. The summed E-state index contributed by atoms with van der Waals surface area (Å²) in [7, 11) is 0. The Morgan fingerprint density at radius 1 is 0.844 bits per heavy atom. The standard InChI is InChI=1S/C25H38N6O/c1-19-7-3-11-24(28-19)26-15-21-9-5-13-30(21)17-23(32)18-31-14-6-10-22(31)16-27-25-12-4-8-20(2)29-25/h3-4,7-8,11-12,21-23,32H,5-6,9-10,13-18H2,1-2H3,(H,26,28)(H,27,29). The van der Waals surface area contributed by atoms with Crippen LogP contribution in [-0.2, 0) is 0 Å². The molecule has 0 bridgehead atoms. The molecule has 2 saturated heterocycles. The van der Waals surface area contributed by atoms with Crippen molar-refractivity contribution in [2.75, 3.05) is 49.9 Å². The molecule has 7 nitrogen and oxygen atoms in total. The van der Waals surface area contributed by atoms with Gasteiger partial charge in [0.15, 0.2) is 0 Å². The fourth-order valence-electron chi connectivity index (χ4n) is 5.06. The minimum absolute atomic E-state index is 0.328. The highest BCUT2D eigenvalue weighted by molar-refractivity contribution is 5.36. The van der Waals surface area contributed by atoms with Gasteiger partial charge in [-0.25, -0.2) is 9.97 Å². The lowest BCUT2D eigenvalue weighted by Gasteiger charge is -2.31. The van der Waals surface area contributed by atoms with E-state index in [0.29, 0.717) is 12.1 Å². The number of nitrogens with zero attached hydrogens (tertiary/aromatic N) is 4. The Bertz CT molecular complexity index is 792. The van der Waals surface area contributed by atoms with E-state index in [-0.39, 0.29) is 6.10 Å². The molecule has 3 N–H and O–H groups in total. The molecule has 2 atom stereocenters. The van der Waals surface area contributed by atoms with E-state index in [0.717, 1.165) is 62.3 Å². The monoisotopic (exact) mass is 438 g/mol. The van der Waals surface area contributed by atoms with Gasteiger partial charge in [0, 0.05) is 49.7 Å². The van der Waals surface area contributed by atoms with Gasteiger partial charge in [-0.15, -0.1) is 0 Å². The van der Waals surface area contributed by atoms with E-state index in [1.165, 1.54) is 25.7 Å². The summed E-state index contributed by atoms with van der Waals surface area (Å²) in [4.78, 5) is 14.0. The lowest BCUT2D eigenvalue weighted by Crippen LogP contribution is -2.46. The topological polar surface area (TPSA) is 76.6 Å². The molecule has 4 heterocycles. The van der Waals surface area contributed by atoms with Gasteiger partial charge in [0.05, 0.1) is 6.10 Å². The van der Waals surface area contributed by atoms with Gasteiger partial charge in [0.1, 0.15) is 11.6 Å². The van der Waals surface area contributed by atoms with Crippen molar-refractivity contribution in [3.05, 3.63) is 47.8 Å². The van der Waals surface area contributed by atoms with E-state index < -0.39 is 0 Å². The van der Waals surface area contributed by atoms with Crippen LogP contribution in [0.2, 0.25) is 0 Å². The van der Waals surface area contributed by atoms with Crippen molar-refractivity contribution < 1.29 is 5.11 Å². The SMILES string of the molecule is Cc1cccc(NCC2CCCN2CC(O)CN2CCCC2CNc2cccc(C)n2)n1. The van der Waals surface area contributed by atoms with Gasteiger partial charge in [-0.1, -0.05) is 12.1 Å². The highest BCUT2D eigenvalue weighted by atomic mass is 16.3. The summed E-state index contributed by atoms with van der Waals surface area (Å²) in [6.45, 7) is 9.40. The van der Waals surface area contributed by atoms with Crippen molar-refractivity contribution in [2.45, 2.75) is 57.7 Å². The number of aromatic nitrogens is 2. The molecular weight excluding hydrogens is 400 g/mol. The van der Waals surface area contributed by atoms with E-state index in [1.54, 1.807) is 0 Å². The first-order chi connectivity index (χ1) is 15.6. The fraction of sp³-hybridized carbons (Fsp3) is 0.600. The minimum atomic E-state index is -0.328. The molecule has 2 aromatic heterocycles. The second-order valence-corrected chi connectivity index (χ2v) is 9.33. The zero-order chi connectivity index (χ0) is 22.3. The molecule has 2 fully saturated rings. The molecule has 2 aliphatic heterocycles. The highest BCUT2D eigenvalue weighted by Gasteiger charge is 2.30. The Hall–Kier alpha value is -2.22. The number of β-amino-alcohol motifs (C(OH)–C–C–N with tert-alkyl or cyclic N) is 1. The van der Waals surface area contributed by atoms with Crippen LogP contribution in [-0.4, -0.2) is 82.3 Å².